The van der Waals surface area contributed by atoms with Gasteiger partial charge in [-0.15, -0.1) is 0 Å². The minimum absolute atomic E-state index is 0.505. The second-order valence-corrected chi connectivity index (χ2v) is 4.86. The summed E-state index contributed by atoms with van der Waals surface area (Å²) < 4.78 is 5.62. The van der Waals surface area contributed by atoms with Crippen LogP contribution in [0.3, 0.4) is 0 Å². The third kappa shape index (κ3) is 4.36. The monoisotopic (exact) mass is 256 g/mol. The molecule has 0 spiro atoms. The molecule has 0 saturated heterocycles. The van der Waals surface area contributed by atoms with Gasteiger partial charge in [0.2, 0.25) is 5.88 Å². The molecule has 0 bridgehead atoms. The summed E-state index contributed by atoms with van der Waals surface area (Å²) in [6.07, 6.45) is 5.59. The Bertz CT molecular complexity index is 480. The van der Waals surface area contributed by atoms with Gasteiger partial charge in [-0.3, -0.25) is 4.98 Å². The first kappa shape index (κ1) is 13.5. The van der Waals surface area contributed by atoms with E-state index in [1.54, 1.807) is 0 Å². The van der Waals surface area contributed by atoms with Crippen LogP contribution in [0.1, 0.15) is 37.4 Å². The summed E-state index contributed by atoms with van der Waals surface area (Å²) in [6.45, 7) is 4.99. The van der Waals surface area contributed by atoms with Gasteiger partial charge >= 0.3 is 0 Å². The standard InChI is InChI=1S/C16H20N2O/c1-13(2)14-8-9-16(18-12-14)19-11-5-7-15-6-3-4-10-17-15/h3-4,6,8-10,12-13H,5,7,11H2,1-2H3. The highest BCUT2D eigenvalue weighted by molar-refractivity contribution is 5.20. The van der Waals surface area contributed by atoms with Crippen LogP contribution in [-0.2, 0) is 6.42 Å². The lowest BCUT2D eigenvalue weighted by atomic mass is 10.1. The van der Waals surface area contributed by atoms with Crippen LogP contribution in [0.25, 0.3) is 0 Å². The van der Waals surface area contributed by atoms with Gasteiger partial charge in [-0.1, -0.05) is 26.0 Å². The Labute approximate surface area is 114 Å². The largest absolute Gasteiger partial charge is 0.478 e. The fraction of sp³-hybridized carbons (Fsp3) is 0.375. The highest BCUT2D eigenvalue weighted by atomic mass is 16.5. The van der Waals surface area contributed by atoms with E-state index in [9.17, 15) is 0 Å². The van der Waals surface area contributed by atoms with Crippen molar-refractivity contribution in [1.82, 2.24) is 9.97 Å². The van der Waals surface area contributed by atoms with Gasteiger partial charge in [0.05, 0.1) is 6.61 Å². The third-order valence-corrected chi connectivity index (χ3v) is 2.98. The van der Waals surface area contributed by atoms with Gasteiger partial charge in [-0.2, -0.15) is 0 Å². The average Bonchev–Trinajstić information content (AvgIpc) is 2.45. The van der Waals surface area contributed by atoms with Gasteiger partial charge in [0.15, 0.2) is 0 Å². The Morgan fingerprint density at radius 1 is 1.11 bits per heavy atom. The van der Waals surface area contributed by atoms with Crippen LogP contribution in [0.4, 0.5) is 0 Å². The van der Waals surface area contributed by atoms with Gasteiger partial charge < -0.3 is 4.74 Å². The van der Waals surface area contributed by atoms with E-state index in [1.165, 1.54) is 5.56 Å². The maximum Gasteiger partial charge on any atom is 0.213 e. The summed E-state index contributed by atoms with van der Waals surface area (Å²) in [4.78, 5) is 8.59. The molecule has 0 atom stereocenters. The van der Waals surface area contributed by atoms with Crippen molar-refractivity contribution in [3.05, 3.63) is 54.0 Å². The number of pyridine rings is 2. The summed E-state index contributed by atoms with van der Waals surface area (Å²) in [7, 11) is 0. The zero-order chi connectivity index (χ0) is 13.5. The van der Waals surface area contributed by atoms with E-state index in [-0.39, 0.29) is 0 Å². The molecule has 2 aromatic heterocycles. The molecule has 19 heavy (non-hydrogen) atoms. The number of aryl methyl sites for hydroxylation is 1. The Balaban J connectivity index is 1.74. The molecule has 0 saturated carbocycles. The Hall–Kier alpha value is -1.90. The van der Waals surface area contributed by atoms with E-state index >= 15 is 0 Å². The molecule has 2 rings (SSSR count). The van der Waals surface area contributed by atoms with Gasteiger partial charge in [0.1, 0.15) is 0 Å². The third-order valence-electron chi connectivity index (χ3n) is 2.98. The maximum atomic E-state index is 5.62. The minimum atomic E-state index is 0.505. The fourth-order valence-corrected chi connectivity index (χ4v) is 1.79. The first-order chi connectivity index (χ1) is 9.25. The molecule has 3 nitrogen and oxygen atoms in total. The van der Waals surface area contributed by atoms with Crippen LogP contribution in [0.15, 0.2) is 42.7 Å². The molecule has 0 unspecified atom stereocenters. The van der Waals surface area contributed by atoms with Crippen molar-refractivity contribution in [2.45, 2.75) is 32.6 Å². The van der Waals surface area contributed by atoms with Crippen LogP contribution < -0.4 is 4.74 Å². The van der Waals surface area contributed by atoms with Gasteiger partial charge in [-0.05, 0) is 36.5 Å². The molecule has 0 aliphatic rings. The van der Waals surface area contributed by atoms with Crippen LogP contribution in [0.5, 0.6) is 5.88 Å². The van der Waals surface area contributed by atoms with E-state index in [1.807, 2.05) is 36.7 Å². The molecule has 100 valence electrons. The number of nitrogens with zero attached hydrogens (tertiary/aromatic N) is 2. The predicted molar refractivity (Wildman–Crippen MR) is 76.4 cm³/mol. The van der Waals surface area contributed by atoms with Crippen molar-refractivity contribution >= 4 is 0 Å². The average molecular weight is 256 g/mol. The van der Waals surface area contributed by atoms with E-state index in [2.05, 4.69) is 29.9 Å². The molecular formula is C16H20N2O. The maximum absolute atomic E-state index is 5.62. The van der Waals surface area contributed by atoms with Crippen molar-refractivity contribution in [3.8, 4) is 5.88 Å². The highest BCUT2D eigenvalue weighted by Crippen LogP contribution is 2.15. The summed E-state index contributed by atoms with van der Waals surface area (Å²) in [5.41, 5.74) is 2.34. The van der Waals surface area contributed by atoms with Crippen LogP contribution in [-0.4, -0.2) is 16.6 Å². The highest BCUT2D eigenvalue weighted by Gasteiger charge is 2.01. The van der Waals surface area contributed by atoms with E-state index in [4.69, 9.17) is 4.74 Å². The predicted octanol–water partition coefficient (Wildman–Crippen LogP) is 3.61. The number of rotatable bonds is 6. The molecular weight excluding hydrogens is 236 g/mol. The Morgan fingerprint density at radius 3 is 2.63 bits per heavy atom. The molecule has 0 N–H and O–H groups in total. The topological polar surface area (TPSA) is 35.0 Å². The fourth-order valence-electron chi connectivity index (χ4n) is 1.79. The molecule has 0 aliphatic carbocycles. The minimum Gasteiger partial charge on any atom is -0.478 e. The molecule has 2 aromatic rings. The second kappa shape index (κ2) is 6.88. The molecule has 0 radical (unpaired) electrons. The summed E-state index contributed by atoms with van der Waals surface area (Å²) in [6, 6.07) is 9.99. The van der Waals surface area contributed by atoms with Gasteiger partial charge in [0, 0.05) is 24.2 Å². The van der Waals surface area contributed by atoms with Crippen molar-refractivity contribution in [2.75, 3.05) is 6.61 Å². The van der Waals surface area contributed by atoms with E-state index < -0.39 is 0 Å². The molecule has 0 aliphatic heterocycles. The van der Waals surface area contributed by atoms with Crippen LogP contribution in [0.2, 0.25) is 0 Å². The van der Waals surface area contributed by atoms with Gasteiger partial charge in [0.25, 0.3) is 0 Å². The molecule has 0 amide bonds. The Kier molecular flexibility index (Phi) is 4.90. The molecule has 3 heteroatoms. The summed E-state index contributed by atoms with van der Waals surface area (Å²) >= 11 is 0. The van der Waals surface area contributed by atoms with Crippen LogP contribution in [0, 0.1) is 0 Å². The molecule has 2 heterocycles. The first-order valence-corrected chi connectivity index (χ1v) is 6.74. The van der Waals surface area contributed by atoms with Gasteiger partial charge in [-0.25, -0.2) is 4.98 Å². The van der Waals surface area contributed by atoms with E-state index in [0.29, 0.717) is 18.4 Å². The number of ether oxygens (including phenoxy) is 1. The van der Waals surface area contributed by atoms with Crippen molar-refractivity contribution in [2.24, 2.45) is 0 Å². The number of hydrogen-bond acceptors (Lipinski definition) is 3. The lowest BCUT2D eigenvalue weighted by Gasteiger charge is -2.07. The SMILES string of the molecule is CC(C)c1ccc(OCCCc2ccccn2)nc1. The quantitative estimate of drug-likeness (QED) is 0.740. The second-order valence-electron chi connectivity index (χ2n) is 4.86. The summed E-state index contributed by atoms with van der Waals surface area (Å²) in [5, 5.41) is 0. The lowest BCUT2D eigenvalue weighted by molar-refractivity contribution is 0.298. The summed E-state index contributed by atoms with van der Waals surface area (Å²) in [5.74, 6) is 1.20. The van der Waals surface area contributed by atoms with Crippen molar-refractivity contribution < 1.29 is 4.74 Å². The number of hydrogen-bond donors (Lipinski definition) is 0. The molecule has 0 fully saturated rings. The van der Waals surface area contributed by atoms with Crippen LogP contribution >= 0.6 is 0 Å². The number of aromatic nitrogens is 2. The Morgan fingerprint density at radius 2 is 2.00 bits per heavy atom. The molecule has 0 aromatic carbocycles. The van der Waals surface area contributed by atoms with Crippen molar-refractivity contribution in [1.29, 1.82) is 0 Å². The van der Waals surface area contributed by atoms with Crippen molar-refractivity contribution in [3.63, 3.8) is 0 Å². The normalized spacial score (nSPS) is 10.7. The first-order valence-electron chi connectivity index (χ1n) is 6.74. The van der Waals surface area contributed by atoms with E-state index in [0.717, 1.165) is 18.5 Å². The zero-order valence-corrected chi connectivity index (χ0v) is 11.5. The lowest BCUT2D eigenvalue weighted by Crippen LogP contribution is -2.02. The smallest absolute Gasteiger partial charge is 0.213 e. The zero-order valence-electron chi connectivity index (χ0n) is 11.5.